The molecule has 0 atom stereocenters. The molecule has 3 N–H and O–H groups in total. The Kier molecular flexibility index (Phi) is 8.49. The monoisotopic (exact) mass is 549 g/mol. The van der Waals surface area contributed by atoms with E-state index in [4.69, 9.17) is 0 Å². The summed E-state index contributed by atoms with van der Waals surface area (Å²) in [6.07, 6.45) is 3.49. The van der Waals surface area contributed by atoms with Gasteiger partial charge in [-0.25, -0.2) is 19.7 Å². The van der Waals surface area contributed by atoms with E-state index in [1.807, 2.05) is 55.6 Å². The largest absolute Gasteiger partial charge is 0.453 e. The Labute approximate surface area is 237 Å². The highest BCUT2D eigenvalue weighted by atomic mass is 16.5. The fourth-order valence-corrected chi connectivity index (χ4v) is 4.53. The molecule has 0 spiro atoms. The molecule has 0 saturated carbocycles. The van der Waals surface area contributed by atoms with Gasteiger partial charge in [-0.05, 0) is 47.4 Å². The number of H-pyrrole nitrogens is 1. The Bertz CT molecular complexity index is 1640. The van der Waals surface area contributed by atoms with Gasteiger partial charge in [-0.15, -0.1) is 0 Å². The van der Waals surface area contributed by atoms with Gasteiger partial charge in [0.25, 0.3) is 0 Å². The van der Waals surface area contributed by atoms with E-state index >= 15 is 0 Å². The molecule has 0 radical (unpaired) electrons. The van der Waals surface area contributed by atoms with E-state index in [2.05, 4.69) is 65.6 Å². The highest BCUT2D eigenvalue weighted by molar-refractivity contribution is 5.84. The molecule has 0 unspecified atom stereocenters. The van der Waals surface area contributed by atoms with E-state index in [1.54, 1.807) is 4.90 Å². The molecule has 5 aromatic rings. The number of hydrogen-bond acceptors (Lipinski definition) is 7. The number of fused-ring (bicyclic) bond motifs is 1. The number of para-hydroxylation sites is 1. The first-order chi connectivity index (χ1) is 20.0. The number of benzene rings is 3. The van der Waals surface area contributed by atoms with Gasteiger partial charge in [-0.2, -0.15) is 0 Å². The average Bonchev–Trinajstić information content (AvgIpc) is 3.42. The summed E-state index contributed by atoms with van der Waals surface area (Å²) in [5, 5.41) is 5.82. The number of carbonyl (C=O) groups is 2. The van der Waals surface area contributed by atoms with Crippen LogP contribution in [0.4, 0.5) is 16.3 Å². The lowest BCUT2D eigenvalue weighted by Crippen LogP contribution is -2.40. The number of alkyl carbamates (subject to hydrolysis) is 1. The highest BCUT2D eigenvalue weighted by Gasteiger charge is 2.17. The molecule has 3 aromatic carbocycles. The van der Waals surface area contributed by atoms with Crippen LogP contribution in [0.3, 0.4) is 0 Å². The van der Waals surface area contributed by atoms with Crippen LogP contribution < -0.4 is 10.6 Å². The molecule has 2 amide bonds. The molecule has 2 heterocycles. The summed E-state index contributed by atoms with van der Waals surface area (Å²) in [6.45, 7) is 2.72. The van der Waals surface area contributed by atoms with E-state index in [0.29, 0.717) is 18.9 Å². The lowest BCUT2D eigenvalue weighted by atomic mass is 10.0. The topological polar surface area (TPSA) is 125 Å². The molecule has 0 bridgehead atoms. The molecular formula is C31H31N7O3. The fraction of sp³-hybridized carbons (Fsp3) is 0.194. The Hall–Kier alpha value is -5.25. The number of nitrogens with zero attached hydrogens (tertiary/aromatic N) is 4. The van der Waals surface area contributed by atoms with Crippen LogP contribution in [0.1, 0.15) is 19.2 Å². The van der Waals surface area contributed by atoms with Crippen molar-refractivity contribution in [1.29, 1.82) is 0 Å². The zero-order valence-corrected chi connectivity index (χ0v) is 22.9. The predicted molar refractivity (Wildman–Crippen MR) is 158 cm³/mol. The summed E-state index contributed by atoms with van der Waals surface area (Å²) in [7, 11) is 1.26. The molecule has 0 aliphatic carbocycles. The van der Waals surface area contributed by atoms with Gasteiger partial charge in [0.1, 0.15) is 24.5 Å². The maximum absolute atomic E-state index is 12.7. The summed E-state index contributed by atoms with van der Waals surface area (Å²) >= 11 is 0. The molecule has 5 rings (SSSR count). The molecule has 0 saturated heterocycles. The lowest BCUT2D eigenvalue weighted by Gasteiger charge is -2.21. The number of aromatic nitrogens is 4. The van der Waals surface area contributed by atoms with Crippen molar-refractivity contribution >= 4 is 34.5 Å². The minimum absolute atomic E-state index is 0.133. The van der Waals surface area contributed by atoms with Crippen LogP contribution in [0.2, 0.25) is 0 Å². The summed E-state index contributed by atoms with van der Waals surface area (Å²) in [5.74, 6) is 1.21. The molecular weight excluding hydrogens is 518 g/mol. The van der Waals surface area contributed by atoms with Gasteiger partial charge < -0.3 is 25.3 Å². The second kappa shape index (κ2) is 12.7. The Morgan fingerprint density at radius 2 is 1.73 bits per heavy atom. The van der Waals surface area contributed by atoms with Gasteiger partial charge in [-0.1, -0.05) is 55.5 Å². The van der Waals surface area contributed by atoms with Crippen molar-refractivity contribution < 1.29 is 14.3 Å². The number of rotatable bonds is 10. The van der Waals surface area contributed by atoms with Crippen LogP contribution in [0, 0.1) is 0 Å². The van der Waals surface area contributed by atoms with E-state index in [-0.39, 0.29) is 12.5 Å². The number of aromatic amines is 1. The Morgan fingerprint density at radius 1 is 0.976 bits per heavy atom. The van der Waals surface area contributed by atoms with Gasteiger partial charge in [0.2, 0.25) is 5.91 Å². The maximum Gasteiger partial charge on any atom is 0.407 e. The highest BCUT2D eigenvalue weighted by Crippen LogP contribution is 2.30. The van der Waals surface area contributed by atoms with Gasteiger partial charge in [0, 0.05) is 24.0 Å². The van der Waals surface area contributed by atoms with E-state index < -0.39 is 6.09 Å². The van der Waals surface area contributed by atoms with E-state index in [0.717, 1.165) is 51.2 Å². The second-order valence-corrected chi connectivity index (χ2v) is 9.43. The number of nitrogens with one attached hydrogen (secondary N) is 3. The van der Waals surface area contributed by atoms with Crippen molar-refractivity contribution in [3.8, 4) is 22.3 Å². The van der Waals surface area contributed by atoms with Crippen molar-refractivity contribution in [3.05, 3.63) is 91.1 Å². The molecule has 0 aliphatic heterocycles. The van der Waals surface area contributed by atoms with Crippen LogP contribution >= 0.6 is 0 Å². The predicted octanol–water partition coefficient (Wildman–Crippen LogP) is 5.53. The first-order valence-corrected chi connectivity index (χ1v) is 13.3. The minimum Gasteiger partial charge on any atom is -0.453 e. The fourth-order valence-electron chi connectivity index (χ4n) is 4.53. The van der Waals surface area contributed by atoms with Crippen molar-refractivity contribution in [3.63, 3.8) is 0 Å². The molecule has 0 fully saturated rings. The second-order valence-electron chi connectivity index (χ2n) is 9.43. The third-order valence-electron chi connectivity index (χ3n) is 6.57. The number of imidazole rings is 1. The minimum atomic E-state index is -0.638. The molecule has 0 aliphatic rings. The maximum atomic E-state index is 12.7. The summed E-state index contributed by atoms with van der Waals surface area (Å²) in [5.41, 5.74) is 6.65. The van der Waals surface area contributed by atoms with Crippen LogP contribution in [-0.2, 0) is 16.1 Å². The smallest absolute Gasteiger partial charge is 0.407 e. The van der Waals surface area contributed by atoms with Crippen molar-refractivity contribution in [2.75, 3.05) is 25.5 Å². The van der Waals surface area contributed by atoms with E-state index in [9.17, 15) is 9.59 Å². The number of carbonyl (C=O) groups excluding carboxylic acids is 2. The summed E-state index contributed by atoms with van der Waals surface area (Å²) < 4.78 is 4.55. The van der Waals surface area contributed by atoms with Gasteiger partial charge >= 0.3 is 6.09 Å². The number of anilines is 2. The third-order valence-corrected chi connectivity index (χ3v) is 6.57. The molecule has 10 heteroatoms. The first kappa shape index (κ1) is 27.3. The van der Waals surface area contributed by atoms with Crippen LogP contribution in [0.5, 0.6) is 0 Å². The molecule has 2 aromatic heterocycles. The first-order valence-electron chi connectivity index (χ1n) is 13.3. The number of ether oxygens (including phenoxy) is 1. The Morgan fingerprint density at radius 3 is 2.49 bits per heavy atom. The number of hydrogen-bond donors (Lipinski definition) is 3. The van der Waals surface area contributed by atoms with Gasteiger partial charge in [-0.3, -0.25) is 4.79 Å². The van der Waals surface area contributed by atoms with Crippen molar-refractivity contribution in [2.45, 2.75) is 19.9 Å². The van der Waals surface area contributed by atoms with Gasteiger partial charge in [0.05, 0.1) is 24.7 Å². The normalized spacial score (nSPS) is 10.8. The van der Waals surface area contributed by atoms with Crippen LogP contribution in [0.25, 0.3) is 33.3 Å². The summed E-state index contributed by atoms with van der Waals surface area (Å²) in [6, 6.07) is 24.2. The zero-order chi connectivity index (χ0) is 28.6. The number of methoxy groups -OCH3 is 1. The summed E-state index contributed by atoms with van der Waals surface area (Å²) in [4.78, 5) is 42.4. The standard InChI is InChI=1S/C31H31N7O3/c1-3-15-38(29(39)18-33-31(40)41-2)19-28-36-26-14-13-23(16-27(26)37-28)21-9-11-22(12-10-21)25-17-32-20-34-30(25)35-24-7-5-4-6-8-24/h4-14,16-17,20H,3,15,18-19H2,1-2H3,(H,33,40)(H,36,37)(H,32,34,35). The Balaban J connectivity index is 1.32. The van der Waals surface area contributed by atoms with Crippen molar-refractivity contribution in [2.24, 2.45) is 0 Å². The average molecular weight is 550 g/mol. The quantitative estimate of drug-likeness (QED) is 0.209. The molecule has 41 heavy (non-hydrogen) atoms. The van der Waals surface area contributed by atoms with Crippen LogP contribution in [0.15, 0.2) is 85.3 Å². The molecule has 10 nitrogen and oxygen atoms in total. The lowest BCUT2D eigenvalue weighted by molar-refractivity contribution is -0.130. The zero-order valence-electron chi connectivity index (χ0n) is 22.9. The van der Waals surface area contributed by atoms with E-state index in [1.165, 1.54) is 13.4 Å². The van der Waals surface area contributed by atoms with Gasteiger partial charge in [0.15, 0.2) is 0 Å². The van der Waals surface area contributed by atoms with Crippen LogP contribution in [-0.4, -0.2) is 57.0 Å². The third kappa shape index (κ3) is 6.67. The number of amides is 2. The molecule has 208 valence electrons. The SMILES string of the molecule is CCCN(Cc1nc2ccc(-c3ccc(-c4cncnc4Nc4ccccc4)cc3)cc2[nH]1)C(=O)CNC(=O)OC. The van der Waals surface area contributed by atoms with Crippen molar-refractivity contribution in [1.82, 2.24) is 30.2 Å².